The largest absolute Gasteiger partial charge is 0.418 e. The molecule has 0 spiro atoms. The van der Waals surface area contributed by atoms with Crippen LogP contribution in [-0.4, -0.2) is 10.9 Å². The van der Waals surface area contributed by atoms with E-state index in [-0.39, 0.29) is 11.3 Å². The van der Waals surface area contributed by atoms with Gasteiger partial charge in [-0.05, 0) is 37.3 Å². The fourth-order valence-electron chi connectivity index (χ4n) is 3.34. The van der Waals surface area contributed by atoms with Gasteiger partial charge in [0.1, 0.15) is 0 Å². The third-order valence-corrected chi connectivity index (χ3v) is 4.76. The molecule has 0 aliphatic carbocycles. The maximum Gasteiger partial charge on any atom is 0.418 e. The molecule has 0 aliphatic rings. The van der Waals surface area contributed by atoms with Gasteiger partial charge in [0.05, 0.1) is 28.0 Å². The third kappa shape index (κ3) is 3.89. The van der Waals surface area contributed by atoms with E-state index in [1.807, 2.05) is 31.2 Å². The van der Waals surface area contributed by atoms with Gasteiger partial charge in [-0.15, -0.1) is 0 Å². The highest BCUT2D eigenvalue weighted by atomic mass is 19.4. The summed E-state index contributed by atoms with van der Waals surface area (Å²) in [6.07, 6.45) is -4.57. The normalized spacial score (nSPS) is 11.5. The number of rotatable bonds is 3. The first-order valence-electron chi connectivity index (χ1n) is 9.27. The van der Waals surface area contributed by atoms with Crippen molar-refractivity contribution in [3.63, 3.8) is 0 Å². The summed E-state index contributed by atoms with van der Waals surface area (Å²) in [5.41, 5.74) is 2.10. The standard InChI is InChI=1S/C24H17F3N2O/c1-15-7-6-8-16(13-15)22-14-18(17-9-2-4-11-20(17)28-22)23(30)29-21-12-5-3-10-19(21)24(25,26)27/h2-14H,1H3,(H,29,30). The van der Waals surface area contributed by atoms with Crippen LogP contribution in [0.3, 0.4) is 0 Å². The second kappa shape index (κ2) is 7.63. The summed E-state index contributed by atoms with van der Waals surface area (Å²) in [4.78, 5) is 17.7. The lowest BCUT2D eigenvalue weighted by Gasteiger charge is -2.15. The highest BCUT2D eigenvalue weighted by Gasteiger charge is 2.33. The fraction of sp³-hybridized carbons (Fsp3) is 0.0833. The number of fused-ring (bicyclic) bond motifs is 1. The van der Waals surface area contributed by atoms with Gasteiger partial charge in [-0.3, -0.25) is 4.79 Å². The van der Waals surface area contributed by atoms with E-state index in [0.717, 1.165) is 17.2 Å². The molecule has 1 amide bonds. The summed E-state index contributed by atoms with van der Waals surface area (Å²) in [6, 6.07) is 21.3. The highest BCUT2D eigenvalue weighted by Crippen LogP contribution is 2.35. The van der Waals surface area contributed by atoms with Gasteiger partial charge in [0.2, 0.25) is 0 Å². The molecule has 1 heterocycles. The monoisotopic (exact) mass is 406 g/mol. The zero-order chi connectivity index (χ0) is 21.3. The first kappa shape index (κ1) is 19.6. The van der Waals surface area contributed by atoms with Crippen LogP contribution in [0.25, 0.3) is 22.2 Å². The molecule has 0 atom stereocenters. The van der Waals surface area contributed by atoms with Crippen LogP contribution in [-0.2, 0) is 6.18 Å². The van der Waals surface area contributed by atoms with Crippen molar-refractivity contribution in [2.24, 2.45) is 0 Å². The van der Waals surface area contributed by atoms with Crippen molar-refractivity contribution in [2.75, 3.05) is 5.32 Å². The predicted octanol–water partition coefficient (Wildman–Crippen LogP) is 6.48. The van der Waals surface area contributed by atoms with E-state index in [2.05, 4.69) is 10.3 Å². The minimum absolute atomic E-state index is 0.258. The Hall–Kier alpha value is -3.67. The van der Waals surface area contributed by atoms with Gasteiger partial charge < -0.3 is 5.32 Å². The van der Waals surface area contributed by atoms with Crippen LogP contribution in [0.1, 0.15) is 21.5 Å². The number of pyridine rings is 1. The Bertz CT molecular complexity index is 1250. The van der Waals surface area contributed by atoms with Gasteiger partial charge in [0.25, 0.3) is 5.91 Å². The second-order valence-corrected chi connectivity index (χ2v) is 6.94. The molecule has 0 saturated heterocycles. The molecule has 0 unspecified atom stereocenters. The summed E-state index contributed by atoms with van der Waals surface area (Å²) < 4.78 is 39.9. The van der Waals surface area contributed by atoms with Crippen LogP contribution < -0.4 is 5.32 Å². The van der Waals surface area contributed by atoms with Crippen molar-refractivity contribution in [2.45, 2.75) is 13.1 Å². The number of amides is 1. The van der Waals surface area contributed by atoms with Crippen molar-refractivity contribution in [3.8, 4) is 11.3 Å². The van der Waals surface area contributed by atoms with Crippen LogP contribution in [0.15, 0.2) is 78.9 Å². The SMILES string of the molecule is Cc1cccc(-c2cc(C(=O)Nc3ccccc3C(F)(F)F)c3ccccc3n2)c1. The average molecular weight is 406 g/mol. The minimum Gasteiger partial charge on any atom is -0.321 e. The lowest BCUT2D eigenvalue weighted by molar-refractivity contribution is -0.136. The molecule has 1 N–H and O–H groups in total. The lowest BCUT2D eigenvalue weighted by Crippen LogP contribution is -2.17. The number of halogens is 3. The molecule has 3 aromatic carbocycles. The second-order valence-electron chi connectivity index (χ2n) is 6.94. The Morgan fingerprint density at radius 3 is 2.40 bits per heavy atom. The minimum atomic E-state index is -4.57. The number of hydrogen-bond acceptors (Lipinski definition) is 2. The Morgan fingerprint density at radius 1 is 0.900 bits per heavy atom. The summed E-state index contributed by atoms with van der Waals surface area (Å²) in [7, 11) is 0. The van der Waals surface area contributed by atoms with E-state index in [1.165, 1.54) is 18.2 Å². The molecule has 1 aromatic heterocycles. The molecule has 0 radical (unpaired) electrons. The van der Waals surface area contributed by atoms with Crippen LogP contribution in [0.2, 0.25) is 0 Å². The maximum atomic E-state index is 13.3. The number of hydrogen-bond donors (Lipinski definition) is 1. The van der Waals surface area contributed by atoms with Crippen LogP contribution in [0, 0.1) is 6.92 Å². The molecule has 150 valence electrons. The van der Waals surface area contributed by atoms with Crippen LogP contribution in [0.4, 0.5) is 18.9 Å². The van der Waals surface area contributed by atoms with Gasteiger partial charge >= 0.3 is 6.18 Å². The number of para-hydroxylation sites is 2. The summed E-state index contributed by atoms with van der Waals surface area (Å²) in [5, 5.41) is 2.99. The topological polar surface area (TPSA) is 42.0 Å². The Labute approximate surface area is 171 Å². The molecule has 30 heavy (non-hydrogen) atoms. The zero-order valence-electron chi connectivity index (χ0n) is 16.0. The molecular formula is C24H17F3N2O. The molecule has 4 rings (SSSR count). The molecule has 0 fully saturated rings. The van der Waals surface area contributed by atoms with Crippen LogP contribution in [0.5, 0.6) is 0 Å². The quantitative estimate of drug-likeness (QED) is 0.423. The summed E-state index contributed by atoms with van der Waals surface area (Å²) in [5.74, 6) is -0.626. The van der Waals surface area contributed by atoms with Gasteiger partial charge in [-0.1, -0.05) is 54.1 Å². The summed E-state index contributed by atoms with van der Waals surface area (Å²) in [6.45, 7) is 1.95. The number of carbonyl (C=O) groups is 1. The molecule has 6 heteroatoms. The number of carbonyl (C=O) groups excluding carboxylic acids is 1. The first-order chi connectivity index (χ1) is 14.3. The maximum absolute atomic E-state index is 13.3. The number of nitrogens with zero attached hydrogens (tertiary/aromatic N) is 1. The zero-order valence-corrected chi connectivity index (χ0v) is 16.0. The van der Waals surface area contributed by atoms with Gasteiger partial charge in [-0.2, -0.15) is 13.2 Å². The molecule has 4 aromatic rings. The number of anilines is 1. The predicted molar refractivity (Wildman–Crippen MR) is 111 cm³/mol. The van der Waals surface area contributed by atoms with E-state index in [9.17, 15) is 18.0 Å². The Balaban J connectivity index is 1.82. The van der Waals surface area contributed by atoms with Crippen molar-refractivity contribution in [1.82, 2.24) is 4.98 Å². The number of nitrogens with one attached hydrogen (secondary N) is 1. The Kier molecular flexibility index (Phi) is 4.99. The van der Waals surface area contributed by atoms with Gasteiger partial charge in [-0.25, -0.2) is 4.98 Å². The number of aryl methyl sites for hydroxylation is 1. The highest BCUT2D eigenvalue weighted by molar-refractivity contribution is 6.13. The molecule has 3 nitrogen and oxygen atoms in total. The van der Waals surface area contributed by atoms with E-state index < -0.39 is 17.6 Å². The lowest BCUT2D eigenvalue weighted by atomic mass is 10.0. The molecule has 0 saturated carbocycles. The molecule has 0 aliphatic heterocycles. The van der Waals surface area contributed by atoms with Gasteiger partial charge in [0, 0.05) is 10.9 Å². The van der Waals surface area contributed by atoms with E-state index in [4.69, 9.17) is 0 Å². The summed E-state index contributed by atoms with van der Waals surface area (Å²) >= 11 is 0. The van der Waals surface area contributed by atoms with Crippen molar-refractivity contribution >= 4 is 22.5 Å². The average Bonchev–Trinajstić information content (AvgIpc) is 2.72. The third-order valence-electron chi connectivity index (χ3n) is 4.76. The van der Waals surface area contributed by atoms with E-state index in [0.29, 0.717) is 16.6 Å². The molecular weight excluding hydrogens is 389 g/mol. The fourth-order valence-corrected chi connectivity index (χ4v) is 3.34. The number of alkyl halides is 3. The van der Waals surface area contributed by atoms with E-state index >= 15 is 0 Å². The van der Waals surface area contributed by atoms with Crippen molar-refractivity contribution < 1.29 is 18.0 Å². The smallest absolute Gasteiger partial charge is 0.321 e. The Morgan fingerprint density at radius 2 is 1.63 bits per heavy atom. The van der Waals surface area contributed by atoms with Crippen LogP contribution >= 0.6 is 0 Å². The van der Waals surface area contributed by atoms with Crippen molar-refractivity contribution in [1.29, 1.82) is 0 Å². The van der Waals surface area contributed by atoms with Gasteiger partial charge in [0.15, 0.2) is 0 Å². The molecule has 0 bridgehead atoms. The first-order valence-corrected chi connectivity index (χ1v) is 9.27. The number of aromatic nitrogens is 1. The van der Waals surface area contributed by atoms with Crippen molar-refractivity contribution in [3.05, 3.63) is 95.6 Å². The number of benzene rings is 3. The van der Waals surface area contributed by atoms with E-state index in [1.54, 1.807) is 30.3 Å².